The molecule has 1 heterocycles. The second-order valence-corrected chi connectivity index (χ2v) is 5.05. The number of hydrogen-bond acceptors (Lipinski definition) is 2. The highest BCUT2D eigenvalue weighted by Crippen LogP contribution is 2.36. The molecule has 3 N–H and O–H groups in total. The van der Waals surface area contributed by atoms with Crippen molar-refractivity contribution in [2.45, 2.75) is 38.5 Å². The number of rotatable bonds is 3. The number of nitrogens with one attached hydrogen (secondary N) is 1. The van der Waals surface area contributed by atoms with Crippen LogP contribution >= 0.6 is 0 Å². The molecule has 0 radical (unpaired) electrons. The van der Waals surface area contributed by atoms with Crippen molar-refractivity contribution in [1.82, 2.24) is 5.32 Å². The van der Waals surface area contributed by atoms with Gasteiger partial charge >= 0.3 is 0 Å². The summed E-state index contributed by atoms with van der Waals surface area (Å²) in [7, 11) is 0. The third-order valence-corrected chi connectivity index (χ3v) is 4.22. The number of nitrogens with two attached hydrogens (primary N) is 1. The predicted octanol–water partition coefficient (Wildman–Crippen LogP) is 1.75. The lowest BCUT2D eigenvalue weighted by Crippen LogP contribution is -2.39. The van der Waals surface area contributed by atoms with Crippen molar-refractivity contribution < 1.29 is 0 Å². The van der Waals surface area contributed by atoms with Crippen LogP contribution in [-0.4, -0.2) is 19.6 Å². The molecule has 1 saturated carbocycles. The maximum atomic E-state index is 5.96. The summed E-state index contributed by atoms with van der Waals surface area (Å²) in [6.45, 7) is 3.35. The first-order chi connectivity index (χ1) is 6.92. The van der Waals surface area contributed by atoms with E-state index in [1.807, 2.05) is 0 Å². The summed E-state index contributed by atoms with van der Waals surface area (Å²) in [6, 6.07) is 0. The normalized spacial score (nSPS) is 31.9. The van der Waals surface area contributed by atoms with Crippen LogP contribution < -0.4 is 11.1 Å². The zero-order chi connectivity index (χ0) is 9.80. The molecular weight excluding hydrogens is 172 g/mol. The van der Waals surface area contributed by atoms with Gasteiger partial charge in [-0.2, -0.15) is 0 Å². The molecule has 14 heavy (non-hydrogen) atoms. The second-order valence-electron chi connectivity index (χ2n) is 5.05. The van der Waals surface area contributed by atoms with E-state index in [2.05, 4.69) is 5.32 Å². The molecule has 1 aliphatic heterocycles. The fourth-order valence-corrected chi connectivity index (χ4v) is 3.40. The Morgan fingerprint density at radius 2 is 1.79 bits per heavy atom. The molecule has 2 unspecified atom stereocenters. The van der Waals surface area contributed by atoms with Crippen LogP contribution in [0.2, 0.25) is 0 Å². The summed E-state index contributed by atoms with van der Waals surface area (Å²) >= 11 is 0. The molecule has 2 aliphatic rings. The van der Waals surface area contributed by atoms with Crippen molar-refractivity contribution >= 4 is 0 Å². The summed E-state index contributed by atoms with van der Waals surface area (Å²) in [5.74, 6) is 2.63. The average molecular weight is 196 g/mol. The van der Waals surface area contributed by atoms with E-state index < -0.39 is 0 Å². The maximum Gasteiger partial charge on any atom is -0.00173 e. The molecule has 0 spiro atoms. The Labute approximate surface area is 87.6 Å². The largest absolute Gasteiger partial charge is 0.330 e. The van der Waals surface area contributed by atoms with E-state index >= 15 is 0 Å². The quantitative estimate of drug-likeness (QED) is 0.721. The van der Waals surface area contributed by atoms with E-state index in [9.17, 15) is 0 Å². The molecule has 2 atom stereocenters. The van der Waals surface area contributed by atoms with Gasteiger partial charge in [-0.15, -0.1) is 0 Å². The van der Waals surface area contributed by atoms with Crippen LogP contribution in [0.4, 0.5) is 0 Å². The molecule has 82 valence electrons. The number of hydrogen-bond donors (Lipinski definition) is 2. The summed E-state index contributed by atoms with van der Waals surface area (Å²) in [4.78, 5) is 0. The van der Waals surface area contributed by atoms with E-state index in [1.54, 1.807) is 0 Å². The molecule has 2 heteroatoms. The highest BCUT2D eigenvalue weighted by atomic mass is 14.9. The molecule has 0 aromatic heterocycles. The van der Waals surface area contributed by atoms with Gasteiger partial charge in [-0.3, -0.25) is 0 Å². The molecule has 2 nitrogen and oxygen atoms in total. The highest BCUT2D eigenvalue weighted by molar-refractivity contribution is 4.84. The minimum atomic E-state index is 0.810. The van der Waals surface area contributed by atoms with Gasteiger partial charge in [-0.1, -0.05) is 25.7 Å². The molecule has 2 fully saturated rings. The van der Waals surface area contributed by atoms with Gasteiger partial charge < -0.3 is 11.1 Å². The maximum absolute atomic E-state index is 5.96. The third-order valence-electron chi connectivity index (χ3n) is 4.22. The fourth-order valence-electron chi connectivity index (χ4n) is 3.40. The van der Waals surface area contributed by atoms with Crippen LogP contribution in [0.1, 0.15) is 38.5 Å². The average Bonchev–Trinajstić information content (AvgIpc) is 2.74. The molecule has 1 saturated heterocycles. The Hall–Kier alpha value is -0.0800. The fraction of sp³-hybridized carbons (Fsp3) is 1.00. The van der Waals surface area contributed by atoms with Crippen molar-refractivity contribution in [3.63, 3.8) is 0 Å². The number of piperidine rings is 1. The Balaban J connectivity index is 1.89. The summed E-state index contributed by atoms with van der Waals surface area (Å²) in [6.07, 6.45) is 8.54. The Bertz CT molecular complexity index is 158. The van der Waals surface area contributed by atoms with Crippen LogP contribution in [-0.2, 0) is 0 Å². The SMILES string of the molecule is NCC(C1CCCC1)C1CCCNC1. The second kappa shape index (κ2) is 5.13. The molecule has 1 aliphatic carbocycles. The zero-order valence-corrected chi connectivity index (χ0v) is 9.17. The lowest BCUT2D eigenvalue weighted by molar-refractivity contribution is 0.197. The monoisotopic (exact) mass is 196 g/mol. The van der Waals surface area contributed by atoms with Crippen molar-refractivity contribution in [3.8, 4) is 0 Å². The van der Waals surface area contributed by atoms with Crippen molar-refractivity contribution in [2.24, 2.45) is 23.5 Å². The highest BCUT2D eigenvalue weighted by Gasteiger charge is 2.30. The molecule has 0 amide bonds. The minimum Gasteiger partial charge on any atom is -0.330 e. The minimum absolute atomic E-state index is 0.810. The van der Waals surface area contributed by atoms with Crippen molar-refractivity contribution in [1.29, 1.82) is 0 Å². The first-order valence-electron chi connectivity index (χ1n) is 6.32. The molecule has 0 bridgehead atoms. The first-order valence-corrected chi connectivity index (χ1v) is 6.32. The van der Waals surface area contributed by atoms with Crippen LogP contribution in [0.3, 0.4) is 0 Å². The smallest absolute Gasteiger partial charge is 0.00173 e. The van der Waals surface area contributed by atoms with Gasteiger partial charge in [0.15, 0.2) is 0 Å². The van der Waals surface area contributed by atoms with Gasteiger partial charge in [0.25, 0.3) is 0 Å². The van der Waals surface area contributed by atoms with E-state index in [4.69, 9.17) is 5.73 Å². The predicted molar refractivity (Wildman–Crippen MR) is 60.1 cm³/mol. The van der Waals surface area contributed by atoms with Gasteiger partial charge in [0, 0.05) is 0 Å². The van der Waals surface area contributed by atoms with E-state index in [-0.39, 0.29) is 0 Å². The standard InChI is InChI=1S/C12H24N2/c13-8-12(10-4-1-2-5-10)11-6-3-7-14-9-11/h10-12,14H,1-9,13H2. The van der Waals surface area contributed by atoms with Crippen molar-refractivity contribution in [2.75, 3.05) is 19.6 Å². The van der Waals surface area contributed by atoms with Crippen molar-refractivity contribution in [3.05, 3.63) is 0 Å². The molecular formula is C12H24N2. The van der Waals surface area contributed by atoms with Gasteiger partial charge in [0.05, 0.1) is 0 Å². The molecule has 2 rings (SSSR count). The Kier molecular flexibility index (Phi) is 3.82. The molecule has 0 aromatic carbocycles. The van der Waals surface area contributed by atoms with E-state index in [0.29, 0.717) is 0 Å². The van der Waals surface area contributed by atoms with Crippen LogP contribution in [0, 0.1) is 17.8 Å². The summed E-state index contributed by atoms with van der Waals surface area (Å²) < 4.78 is 0. The van der Waals surface area contributed by atoms with Crippen LogP contribution in [0.15, 0.2) is 0 Å². The van der Waals surface area contributed by atoms with Gasteiger partial charge in [-0.05, 0) is 50.2 Å². The summed E-state index contributed by atoms with van der Waals surface area (Å²) in [5, 5.41) is 3.52. The van der Waals surface area contributed by atoms with E-state index in [1.165, 1.54) is 51.6 Å². The van der Waals surface area contributed by atoms with Gasteiger partial charge in [-0.25, -0.2) is 0 Å². The zero-order valence-electron chi connectivity index (χ0n) is 9.17. The summed E-state index contributed by atoms with van der Waals surface area (Å²) in [5.41, 5.74) is 5.96. The lowest BCUT2D eigenvalue weighted by atomic mass is 9.77. The Morgan fingerprint density at radius 1 is 1.07 bits per heavy atom. The molecule has 0 aromatic rings. The van der Waals surface area contributed by atoms with Gasteiger partial charge in [0.1, 0.15) is 0 Å². The lowest BCUT2D eigenvalue weighted by Gasteiger charge is -2.33. The van der Waals surface area contributed by atoms with Crippen LogP contribution in [0.5, 0.6) is 0 Å². The third kappa shape index (κ3) is 2.29. The van der Waals surface area contributed by atoms with Gasteiger partial charge in [0.2, 0.25) is 0 Å². The topological polar surface area (TPSA) is 38.0 Å². The first kappa shape index (κ1) is 10.4. The van der Waals surface area contributed by atoms with E-state index in [0.717, 1.165) is 24.3 Å². The van der Waals surface area contributed by atoms with Crippen LogP contribution in [0.25, 0.3) is 0 Å². The Morgan fingerprint density at radius 3 is 2.36 bits per heavy atom.